The first-order chi connectivity index (χ1) is 18.9. The Morgan fingerprint density at radius 1 is 1.21 bits per heavy atom. The van der Waals surface area contributed by atoms with Crippen molar-refractivity contribution in [2.75, 3.05) is 32.5 Å². The number of benzene rings is 2. The lowest BCUT2D eigenvalue weighted by Gasteiger charge is -2.38. The van der Waals surface area contributed by atoms with Crippen molar-refractivity contribution < 1.29 is 23.8 Å². The number of carbonyl (C=O) groups is 2. The van der Waals surface area contributed by atoms with Crippen LogP contribution in [-0.2, 0) is 22.7 Å². The third kappa shape index (κ3) is 7.25. The quantitative estimate of drug-likeness (QED) is 0.452. The van der Waals surface area contributed by atoms with Crippen LogP contribution >= 0.6 is 11.3 Å². The van der Waals surface area contributed by atoms with E-state index in [1.165, 1.54) is 11.3 Å². The Balaban J connectivity index is 1.34. The summed E-state index contributed by atoms with van der Waals surface area (Å²) in [4.78, 5) is 33.2. The number of methoxy groups -OCH3 is 1. The van der Waals surface area contributed by atoms with Crippen LogP contribution in [0.25, 0.3) is 0 Å². The number of thiazole rings is 1. The van der Waals surface area contributed by atoms with Gasteiger partial charge in [0, 0.05) is 55.3 Å². The van der Waals surface area contributed by atoms with Crippen LogP contribution in [0.15, 0.2) is 48.7 Å². The number of amides is 2. The molecule has 2 aliphatic heterocycles. The summed E-state index contributed by atoms with van der Waals surface area (Å²) < 4.78 is 17.8. The first-order valence-corrected chi connectivity index (χ1v) is 13.8. The van der Waals surface area contributed by atoms with E-state index in [1.54, 1.807) is 31.5 Å². The number of carbonyl (C=O) groups excluding carboxylic acids is 2. The maximum absolute atomic E-state index is 12.9. The summed E-state index contributed by atoms with van der Waals surface area (Å²) in [5.74, 6) is 1.32. The van der Waals surface area contributed by atoms with E-state index in [-0.39, 0.29) is 24.0 Å². The predicted molar refractivity (Wildman–Crippen MR) is 148 cm³/mol. The third-order valence-corrected chi connectivity index (χ3v) is 7.58. The smallest absolute Gasteiger partial charge is 0.251 e. The molecule has 0 spiro atoms. The molecule has 10 nitrogen and oxygen atoms in total. The van der Waals surface area contributed by atoms with Gasteiger partial charge >= 0.3 is 0 Å². The molecule has 1 fully saturated rings. The summed E-state index contributed by atoms with van der Waals surface area (Å²) in [5.41, 5.74) is 7.17. The number of rotatable bonds is 3. The van der Waals surface area contributed by atoms with Crippen LogP contribution in [0, 0.1) is 0 Å². The van der Waals surface area contributed by atoms with Crippen molar-refractivity contribution >= 4 is 28.3 Å². The zero-order valence-electron chi connectivity index (χ0n) is 21.9. The van der Waals surface area contributed by atoms with Gasteiger partial charge in [-0.25, -0.2) is 4.98 Å². The largest absolute Gasteiger partial charge is 0.497 e. The number of nitrogen functional groups attached to an aromatic ring is 1. The summed E-state index contributed by atoms with van der Waals surface area (Å²) in [6.07, 6.45) is 3.25. The van der Waals surface area contributed by atoms with Crippen molar-refractivity contribution in [1.29, 1.82) is 0 Å². The number of fused-ring (bicyclic) bond motifs is 5. The average Bonchev–Trinajstić information content (AvgIpc) is 3.34. The number of hydrogen-bond acceptors (Lipinski definition) is 9. The number of nitrogens with zero attached hydrogens (tertiary/aromatic N) is 2. The summed E-state index contributed by atoms with van der Waals surface area (Å²) in [7, 11) is 1.54. The lowest BCUT2D eigenvalue weighted by atomic mass is 10.0. The second-order valence-corrected chi connectivity index (χ2v) is 10.9. The molecule has 2 aliphatic rings. The number of hydrogen-bond donors (Lipinski definition) is 3. The van der Waals surface area contributed by atoms with E-state index >= 15 is 0 Å². The van der Waals surface area contributed by atoms with Crippen molar-refractivity contribution in [3.63, 3.8) is 0 Å². The zero-order valence-corrected chi connectivity index (χ0v) is 22.7. The Hall–Kier alpha value is -3.67. The Morgan fingerprint density at radius 3 is 2.92 bits per heavy atom. The molecule has 11 heteroatoms. The molecule has 0 unspecified atom stereocenters. The highest BCUT2D eigenvalue weighted by molar-refractivity contribution is 7.15. The highest BCUT2D eigenvalue weighted by Crippen LogP contribution is 2.29. The molecule has 2 atom stereocenters. The van der Waals surface area contributed by atoms with Crippen molar-refractivity contribution in [2.45, 2.75) is 44.6 Å². The van der Waals surface area contributed by atoms with Gasteiger partial charge in [0.25, 0.3) is 5.91 Å². The molecule has 1 saturated heterocycles. The number of piperidine rings is 1. The van der Waals surface area contributed by atoms with Gasteiger partial charge in [0.05, 0.1) is 25.9 Å². The molecular weight excluding hydrogens is 518 g/mol. The van der Waals surface area contributed by atoms with Gasteiger partial charge in [-0.3, -0.25) is 14.5 Å². The number of aromatic nitrogens is 1. The fraction of sp³-hybridized carbons (Fsp3) is 0.393. The fourth-order valence-electron chi connectivity index (χ4n) is 4.85. The van der Waals surface area contributed by atoms with E-state index in [9.17, 15) is 9.59 Å². The Labute approximate surface area is 231 Å². The van der Waals surface area contributed by atoms with Crippen LogP contribution in [0.2, 0.25) is 0 Å². The molecule has 0 radical (unpaired) electrons. The van der Waals surface area contributed by atoms with Gasteiger partial charge in [-0.1, -0.05) is 12.1 Å². The van der Waals surface area contributed by atoms with Crippen molar-refractivity contribution in [2.24, 2.45) is 0 Å². The summed E-state index contributed by atoms with van der Waals surface area (Å²) in [5, 5.41) is 6.63. The van der Waals surface area contributed by atoms with Crippen LogP contribution < -0.4 is 25.8 Å². The highest BCUT2D eigenvalue weighted by atomic mass is 32.1. The van der Waals surface area contributed by atoms with Gasteiger partial charge in [-0.15, -0.1) is 11.3 Å². The molecule has 0 saturated carbocycles. The molecule has 3 aromatic rings. The third-order valence-electron chi connectivity index (χ3n) is 6.77. The first kappa shape index (κ1) is 26.9. The number of likely N-dealkylation sites (tertiary alicyclic amines) is 1. The second kappa shape index (κ2) is 12.5. The van der Waals surface area contributed by atoms with Crippen LogP contribution in [-0.4, -0.2) is 60.6 Å². The number of ether oxygens (including phenoxy) is 3. The molecule has 39 heavy (non-hydrogen) atoms. The number of nitrogens with two attached hydrogens (primary N) is 1. The molecule has 206 valence electrons. The number of anilines is 1. The molecular formula is C28H33N5O5S. The fourth-order valence-corrected chi connectivity index (χ4v) is 5.57. The molecule has 4 N–H and O–H groups in total. The van der Waals surface area contributed by atoms with Gasteiger partial charge in [-0.2, -0.15) is 0 Å². The SMILES string of the molecule is COc1cc2cc(c1)C(=O)NCCCC(=O)N[C@H]1CN(Cc3cnc(N)s3)CC[C@@H]1OCc1cccc(c1)O2. The summed E-state index contributed by atoms with van der Waals surface area (Å²) in [6, 6.07) is 12.6. The van der Waals surface area contributed by atoms with Crippen molar-refractivity contribution in [3.8, 4) is 17.2 Å². The monoisotopic (exact) mass is 551 g/mol. The Bertz CT molecular complexity index is 1320. The normalized spacial score (nSPS) is 20.9. The maximum Gasteiger partial charge on any atom is 0.251 e. The standard InChI is InChI=1S/C28H33N5O5S/c1-36-21-11-19-12-22(13-21)38-20-5-2-4-18(10-20)17-37-25-7-9-33(15-23-14-31-28(29)39-23)16-24(25)32-26(34)6-3-8-30-27(19)35/h2,4-5,10-14,24-25H,3,6-9,15-17H2,1H3,(H2,29,31)(H,30,35)(H,32,34)/t24-,25-/m0/s1. The molecule has 2 aromatic carbocycles. The van der Waals surface area contributed by atoms with Gasteiger partial charge < -0.3 is 30.6 Å². The molecule has 3 heterocycles. The average molecular weight is 552 g/mol. The van der Waals surface area contributed by atoms with E-state index in [1.807, 2.05) is 24.3 Å². The van der Waals surface area contributed by atoms with Crippen molar-refractivity contribution in [1.82, 2.24) is 20.5 Å². The topological polar surface area (TPSA) is 128 Å². The van der Waals surface area contributed by atoms with Gasteiger partial charge in [0.1, 0.15) is 17.2 Å². The summed E-state index contributed by atoms with van der Waals surface area (Å²) in [6.45, 7) is 2.97. The lowest BCUT2D eigenvalue weighted by molar-refractivity contribution is -0.124. The van der Waals surface area contributed by atoms with Gasteiger partial charge in [-0.05, 0) is 42.7 Å². The lowest BCUT2D eigenvalue weighted by Crippen LogP contribution is -2.55. The van der Waals surface area contributed by atoms with Crippen molar-refractivity contribution in [3.05, 3.63) is 64.7 Å². The van der Waals surface area contributed by atoms with Crippen LogP contribution in [0.4, 0.5) is 5.13 Å². The predicted octanol–water partition coefficient (Wildman–Crippen LogP) is 3.33. The highest BCUT2D eigenvalue weighted by Gasteiger charge is 2.31. The zero-order chi connectivity index (χ0) is 27.2. The Morgan fingerprint density at radius 2 is 2.10 bits per heavy atom. The van der Waals surface area contributed by atoms with E-state index in [2.05, 4.69) is 20.5 Å². The van der Waals surface area contributed by atoms with E-state index in [0.717, 1.165) is 30.0 Å². The molecule has 2 amide bonds. The van der Waals surface area contributed by atoms with Crippen LogP contribution in [0.5, 0.6) is 17.2 Å². The minimum Gasteiger partial charge on any atom is -0.497 e. The molecule has 4 bridgehead atoms. The second-order valence-electron chi connectivity index (χ2n) is 9.72. The van der Waals surface area contributed by atoms with E-state index in [0.29, 0.717) is 60.5 Å². The minimum atomic E-state index is -0.255. The Kier molecular flexibility index (Phi) is 8.60. The maximum atomic E-state index is 12.9. The van der Waals surface area contributed by atoms with E-state index in [4.69, 9.17) is 19.9 Å². The van der Waals surface area contributed by atoms with Gasteiger partial charge in [0.2, 0.25) is 5.91 Å². The van der Waals surface area contributed by atoms with E-state index < -0.39 is 0 Å². The molecule has 5 rings (SSSR count). The van der Waals surface area contributed by atoms with Crippen LogP contribution in [0.3, 0.4) is 0 Å². The van der Waals surface area contributed by atoms with Gasteiger partial charge in [0.15, 0.2) is 5.13 Å². The molecule has 0 aliphatic carbocycles. The number of nitrogens with one attached hydrogen (secondary N) is 2. The molecule has 1 aromatic heterocycles. The first-order valence-electron chi connectivity index (χ1n) is 13.0. The van der Waals surface area contributed by atoms with Crippen LogP contribution in [0.1, 0.15) is 40.1 Å². The minimum absolute atomic E-state index is 0.0630. The summed E-state index contributed by atoms with van der Waals surface area (Å²) >= 11 is 1.48.